The van der Waals surface area contributed by atoms with Crippen LogP contribution in [0, 0.1) is 0 Å². The molecular formula is C25H43BSe. The summed E-state index contributed by atoms with van der Waals surface area (Å²) in [6.45, 7) is 10.2. The van der Waals surface area contributed by atoms with E-state index in [4.69, 9.17) is 0 Å². The third kappa shape index (κ3) is 10.6. The molecule has 0 fully saturated rings. The quantitative estimate of drug-likeness (QED) is 0.185. The molecule has 27 heavy (non-hydrogen) atoms. The van der Waals surface area contributed by atoms with E-state index in [0.717, 1.165) is 6.71 Å². The summed E-state index contributed by atoms with van der Waals surface area (Å²) < 4.78 is 3.42. The topological polar surface area (TPSA) is 0 Å². The normalized spacial score (nSPS) is 12.1. The molecule has 0 aliphatic carbocycles. The molecule has 1 aromatic carbocycles. The summed E-state index contributed by atoms with van der Waals surface area (Å²) in [5, 5.41) is 0. The fraction of sp³-hybridized carbons (Fsp3) is 0.680. The van der Waals surface area contributed by atoms with E-state index < -0.39 is 0 Å². The molecular weight excluding hydrogens is 390 g/mol. The van der Waals surface area contributed by atoms with Gasteiger partial charge in [-0.1, -0.05) is 0 Å². The fourth-order valence-corrected chi connectivity index (χ4v) is 6.34. The van der Waals surface area contributed by atoms with Gasteiger partial charge in [0.1, 0.15) is 0 Å². The van der Waals surface area contributed by atoms with Crippen LogP contribution >= 0.6 is 0 Å². The molecule has 0 saturated carbocycles. The Labute approximate surface area is 177 Å². The van der Waals surface area contributed by atoms with Crippen molar-refractivity contribution in [1.82, 2.24) is 0 Å². The average molecular weight is 433 g/mol. The molecule has 0 bridgehead atoms. The molecule has 152 valence electrons. The number of allylic oxidation sites excluding steroid dienone is 2. The molecule has 0 saturated heterocycles. The van der Waals surface area contributed by atoms with Gasteiger partial charge in [0.15, 0.2) is 0 Å². The van der Waals surface area contributed by atoms with Crippen molar-refractivity contribution in [3.63, 3.8) is 0 Å². The van der Waals surface area contributed by atoms with Crippen LogP contribution in [-0.4, -0.2) is 21.7 Å². The molecule has 0 atom stereocenters. The molecule has 2 heteroatoms. The molecule has 0 radical (unpaired) electrons. The number of hydrogen-bond donors (Lipinski definition) is 0. The number of hydrogen-bond acceptors (Lipinski definition) is 0. The Kier molecular flexibility index (Phi) is 15.0. The molecule has 0 N–H and O–H groups in total. The second-order valence-electron chi connectivity index (χ2n) is 7.91. The van der Waals surface area contributed by atoms with Crippen LogP contribution in [0.3, 0.4) is 0 Å². The molecule has 1 rings (SSSR count). The first-order valence-electron chi connectivity index (χ1n) is 11.7. The fourth-order valence-electron chi connectivity index (χ4n) is 3.78. The Balaban J connectivity index is 3.15. The predicted octanol–water partition coefficient (Wildman–Crippen LogP) is 7.67. The number of rotatable bonds is 16. The van der Waals surface area contributed by atoms with Gasteiger partial charge in [0.05, 0.1) is 0 Å². The number of unbranched alkanes of at least 4 members (excludes halogenated alkanes) is 5. The molecule has 0 aliphatic rings. The molecule has 0 amide bonds. The standard InChI is InChI=1S/C25H43BSe/c1-5-9-14-20-25(27-23-17-15-13-16-18-23)24(19-10-6-2)26(21-11-7-3)22-12-8-4/h13,15-18H,5-12,14,19-22H2,1-4H3/b25-24-. The first kappa shape index (κ1) is 24.6. The minimum atomic E-state index is 0.509. The summed E-state index contributed by atoms with van der Waals surface area (Å²) in [5.41, 5.74) is 1.89. The third-order valence-corrected chi connectivity index (χ3v) is 8.02. The van der Waals surface area contributed by atoms with Gasteiger partial charge in [-0.2, -0.15) is 0 Å². The van der Waals surface area contributed by atoms with Gasteiger partial charge in [0.25, 0.3) is 0 Å². The summed E-state index contributed by atoms with van der Waals surface area (Å²) in [4.78, 5) is 0. The van der Waals surface area contributed by atoms with E-state index in [1.54, 1.807) is 4.46 Å². The van der Waals surface area contributed by atoms with E-state index in [0.29, 0.717) is 15.0 Å². The molecule has 0 unspecified atom stereocenters. The zero-order chi connectivity index (χ0) is 19.7. The van der Waals surface area contributed by atoms with E-state index in [1.807, 2.05) is 9.94 Å². The van der Waals surface area contributed by atoms with Crippen molar-refractivity contribution in [3.8, 4) is 0 Å². The second kappa shape index (κ2) is 16.5. The summed E-state index contributed by atoms with van der Waals surface area (Å²) in [7, 11) is 0. The van der Waals surface area contributed by atoms with Crippen LogP contribution < -0.4 is 4.46 Å². The van der Waals surface area contributed by atoms with E-state index in [9.17, 15) is 0 Å². The summed E-state index contributed by atoms with van der Waals surface area (Å²) >= 11 is 0.509. The van der Waals surface area contributed by atoms with Gasteiger partial charge in [-0.3, -0.25) is 0 Å². The van der Waals surface area contributed by atoms with Crippen molar-refractivity contribution in [1.29, 1.82) is 0 Å². The van der Waals surface area contributed by atoms with Gasteiger partial charge in [-0.15, -0.1) is 0 Å². The van der Waals surface area contributed by atoms with E-state index in [2.05, 4.69) is 58.0 Å². The first-order valence-corrected chi connectivity index (χ1v) is 13.4. The van der Waals surface area contributed by atoms with Crippen LogP contribution in [0.2, 0.25) is 12.6 Å². The van der Waals surface area contributed by atoms with Crippen LogP contribution in [-0.2, 0) is 0 Å². The molecule has 0 nitrogen and oxygen atoms in total. The van der Waals surface area contributed by atoms with Crippen LogP contribution in [0.4, 0.5) is 0 Å². The zero-order valence-corrected chi connectivity index (χ0v) is 20.3. The Morgan fingerprint density at radius 1 is 0.704 bits per heavy atom. The van der Waals surface area contributed by atoms with Crippen molar-refractivity contribution >= 4 is 26.1 Å². The Bertz CT molecular complexity index is 486. The monoisotopic (exact) mass is 434 g/mol. The van der Waals surface area contributed by atoms with Crippen LogP contribution in [0.15, 0.2) is 40.3 Å². The Morgan fingerprint density at radius 2 is 1.30 bits per heavy atom. The minimum absolute atomic E-state index is 0.509. The second-order valence-corrected chi connectivity index (χ2v) is 10.4. The van der Waals surface area contributed by atoms with Gasteiger partial charge < -0.3 is 0 Å². The number of benzene rings is 1. The summed E-state index contributed by atoms with van der Waals surface area (Å²) in [5.74, 6) is 0. The predicted molar refractivity (Wildman–Crippen MR) is 128 cm³/mol. The van der Waals surface area contributed by atoms with E-state index in [1.165, 1.54) is 83.3 Å². The van der Waals surface area contributed by atoms with Gasteiger partial charge in [-0.25, -0.2) is 0 Å². The SMILES string of the molecule is CCCCC/C([Se]c1ccccc1)=C(\CCCC)B(CCCC)CCCC. The van der Waals surface area contributed by atoms with Crippen molar-refractivity contribution in [2.45, 2.75) is 111 Å². The van der Waals surface area contributed by atoms with Crippen LogP contribution in [0.5, 0.6) is 0 Å². The molecule has 0 spiro atoms. The van der Waals surface area contributed by atoms with E-state index >= 15 is 0 Å². The van der Waals surface area contributed by atoms with Gasteiger partial charge in [0.2, 0.25) is 0 Å². The van der Waals surface area contributed by atoms with Crippen molar-refractivity contribution in [2.75, 3.05) is 0 Å². The average Bonchev–Trinajstić information content (AvgIpc) is 2.70. The summed E-state index contributed by atoms with van der Waals surface area (Å²) in [6, 6.07) is 11.3. The Hall–Kier alpha value is -0.456. The zero-order valence-electron chi connectivity index (χ0n) is 18.6. The van der Waals surface area contributed by atoms with Crippen molar-refractivity contribution < 1.29 is 0 Å². The summed E-state index contributed by atoms with van der Waals surface area (Å²) in [6.07, 6.45) is 17.7. The molecule has 0 aromatic heterocycles. The van der Waals surface area contributed by atoms with Gasteiger partial charge in [0, 0.05) is 0 Å². The molecule has 1 aromatic rings. The van der Waals surface area contributed by atoms with Gasteiger partial charge >= 0.3 is 177 Å². The van der Waals surface area contributed by atoms with Crippen LogP contribution in [0.1, 0.15) is 98.3 Å². The Morgan fingerprint density at radius 3 is 1.85 bits per heavy atom. The van der Waals surface area contributed by atoms with Crippen LogP contribution in [0.25, 0.3) is 0 Å². The van der Waals surface area contributed by atoms with Crippen molar-refractivity contribution in [3.05, 3.63) is 40.3 Å². The van der Waals surface area contributed by atoms with E-state index in [-0.39, 0.29) is 0 Å². The molecule has 0 heterocycles. The third-order valence-electron chi connectivity index (χ3n) is 5.45. The van der Waals surface area contributed by atoms with Crippen molar-refractivity contribution in [2.24, 2.45) is 0 Å². The van der Waals surface area contributed by atoms with Gasteiger partial charge in [-0.05, 0) is 0 Å². The maximum absolute atomic E-state index is 2.35. The first-order chi connectivity index (χ1) is 13.3. The molecule has 0 aliphatic heterocycles. The maximum atomic E-state index is 2.35.